The number of anilines is 2. The summed E-state index contributed by atoms with van der Waals surface area (Å²) in [4.78, 5) is 15.4. The fourth-order valence-electron chi connectivity index (χ4n) is 2.25. The summed E-state index contributed by atoms with van der Waals surface area (Å²) in [6.45, 7) is 3.85. The molecule has 0 saturated heterocycles. The van der Waals surface area contributed by atoms with Gasteiger partial charge in [0.1, 0.15) is 0 Å². The Bertz CT molecular complexity index is 642. The molecular formula is C19H22N2O. The molecule has 0 radical (unpaired) electrons. The third-order valence-electron chi connectivity index (χ3n) is 3.65. The Morgan fingerprint density at radius 1 is 0.909 bits per heavy atom. The molecule has 22 heavy (non-hydrogen) atoms. The van der Waals surface area contributed by atoms with E-state index in [-0.39, 0.29) is 5.78 Å². The van der Waals surface area contributed by atoms with E-state index >= 15 is 0 Å². The number of likely N-dealkylation sites (N-methyl/N-ethyl adjacent to an activating group) is 1. The largest absolute Gasteiger partial charge is 0.378 e. The zero-order valence-electron chi connectivity index (χ0n) is 13.4. The fourth-order valence-corrected chi connectivity index (χ4v) is 2.25. The van der Waals surface area contributed by atoms with Gasteiger partial charge in [-0.05, 0) is 41.5 Å². The van der Waals surface area contributed by atoms with E-state index in [1.807, 2.05) is 38.2 Å². The number of carbonyl (C=O) groups excluding carboxylic acids is 1. The quantitative estimate of drug-likeness (QED) is 0.760. The molecule has 2 aromatic rings. The van der Waals surface area contributed by atoms with Crippen LogP contribution in [0.5, 0.6) is 0 Å². The van der Waals surface area contributed by atoms with Gasteiger partial charge in [-0.2, -0.15) is 0 Å². The van der Waals surface area contributed by atoms with Gasteiger partial charge < -0.3 is 9.80 Å². The fraction of sp³-hybridized carbons (Fsp3) is 0.211. The molecule has 0 aromatic heterocycles. The highest BCUT2D eigenvalue weighted by Gasteiger charge is 2.05. The van der Waals surface area contributed by atoms with Crippen LogP contribution in [-0.4, -0.2) is 33.5 Å². The molecule has 0 heterocycles. The van der Waals surface area contributed by atoms with Gasteiger partial charge in [-0.15, -0.1) is 0 Å². The van der Waals surface area contributed by atoms with Crippen LogP contribution in [0.2, 0.25) is 0 Å². The number of ketones is 1. The molecular weight excluding hydrogens is 272 g/mol. The molecule has 2 rings (SSSR count). The first kappa shape index (κ1) is 15.8. The average Bonchev–Trinajstić information content (AvgIpc) is 2.55. The lowest BCUT2D eigenvalue weighted by atomic mass is 10.0. The van der Waals surface area contributed by atoms with Crippen molar-refractivity contribution in [3.05, 3.63) is 61.2 Å². The molecule has 3 heteroatoms. The molecule has 0 amide bonds. The van der Waals surface area contributed by atoms with E-state index in [0.717, 1.165) is 11.3 Å². The van der Waals surface area contributed by atoms with E-state index in [1.165, 1.54) is 17.3 Å². The highest BCUT2D eigenvalue weighted by atomic mass is 16.1. The number of hydrogen-bond donors (Lipinski definition) is 0. The predicted molar refractivity (Wildman–Crippen MR) is 94.7 cm³/mol. The highest BCUT2D eigenvalue weighted by molar-refractivity contribution is 5.92. The molecule has 0 N–H and O–H groups in total. The monoisotopic (exact) mass is 294 g/mol. The normalized spacial score (nSPS) is 10.1. The van der Waals surface area contributed by atoms with Crippen molar-refractivity contribution in [2.45, 2.75) is 0 Å². The zero-order valence-corrected chi connectivity index (χ0v) is 13.4. The Balaban J connectivity index is 2.14. The maximum atomic E-state index is 11.4. The summed E-state index contributed by atoms with van der Waals surface area (Å²) >= 11 is 0. The lowest BCUT2D eigenvalue weighted by molar-refractivity contribution is -0.113. The van der Waals surface area contributed by atoms with Gasteiger partial charge in [0.25, 0.3) is 0 Å². The second-order valence-corrected chi connectivity index (χ2v) is 5.51. The summed E-state index contributed by atoms with van der Waals surface area (Å²) in [7, 11) is 5.97. The molecule has 0 aliphatic rings. The van der Waals surface area contributed by atoms with Crippen molar-refractivity contribution in [2.24, 2.45) is 0 Å². The minimum Gasteiger partial charge on any atom is -0.378 e. The molecule has 3 nitrogen and oxygen atoms in total. The number of benzene rings is 2. The minimum atomic E-state index is 0.0193. The SMILES string of the molecule is C=CC(=O)CN(C)c1ccc(-c2ccc(N(C)C)cc2)cc1. The second-order valence-electron chi connectivity index (χ2n) is 5.51. The Kier molecular flexibility index (Phi) is 4.99. The summed E-state index contributed by atoms with van der Waals surface area (Å²) in [5.41, 5.74) is 4.55. The first-order valence-corrected chi connectivity index (χ1v) is 7.25. The molecule has 0 saturated carbocycles. The van der Waals surface area contributed by atoms with E-state index in [9.17, 15) is 4.79 Å². The summed E-state index contributed by atoms with van der Waals surface area (Å²) < 4.78 is 0. The van der Waals surface area contributed by atoms with Crippen LogP contribution in [0, 0.1) is 0 Å². The third kappa shape index (κ3) is 3.76. The van der Waals surface area contributed by atoms with Crippen molar-refractivity contribution >= 4 is 17.2 Å². The maximum Gasteiger partial charge on any atom is 0.174 e. The Morgan fingerprint density at radius 3 is 1.77 bits per heavy atom. The van der Waals surface area contributed by atoms with Gasteiger partial charge in [0.2, 0.25) is 0 Å². The first-order valence-electron chi connectivity index (χ1n) is 7.25. The van der Waals surface area contributed by atoms with Crippen LogP contribution in [0.4, 0.5) is 11.4 Å². The van der Waals surface area contributed by atoms with Gasteiger partial charge in [0, 0.05) is 32.5 Å². The summed E-state index contributed by atoms with van der Waals surface area (Å²) in [5, 5.41) is 0. The Hall–Kier alpha value is -2.55. The van der Waals surface area contributed by atoms with Crippen molar-refractivity contribution in [3.63, 3.8) is 0 Å². The molecule has 0 fully saturated rings. The van der Waals surface area contributed by atoms with Crippen molar-refractivity contribution in [1.29, 1.82) is 0 Å². The first-order chi connectivity index (χ1) is 10.5. The van der Waals surface area contributed by atoms with Gasteiger partial charge in [0.05, 0.1) is 6.54 Å². The predicted octanol–water partition coefficient (Wildman–Crippen LogP) is 3.61. The lowest BCUT2D eigenvalue weighted by Gasteiger charge is -2.18. The van der Waals surface area contributed by atoms with Crippen LogP contribution in [0.25, 0.3) is 11.1 Å². The van der Waals surface area contributed by atoms with Crippen molar-refractivity contribution in [1.82, 2.24) is 0 Å². The third-order valence-corrected chi connectivity index (χ3v) is 3.65. The van der Waals surface area contributed by atoms with Crippen LogP contribution >= 0.6 is 0 Å². The summed E-state index contributed by atoms with van der Waals surface area (Å²) in [6.07, 6.45) is 1.36. The summed E-state index contributed by atoms with van der Waals surface area (Å²) in [6, 6.07) is 16.7. The maximum absolute atomic E-state index is 11.4. The molecule has 0 aliphatic heterocycles. The number of hydrogen-bond acceptors (Lipinski definition) is 3. The Labute approximate surface area is 132 Å². The molecule has 0 bridgehead atoms. The van der Waals surface area contributed by atoms with Gasteiger partial charge in [-0.1, -0.05) is 30.8 Å². The molecule has 0 spiro atoms. The van der Waals surface area contributed by atoms with Crippen LogP contribution in [-0.2, 0) is 4.79 Å². The molecule has 0 atom stereocenters. The van der Waals surface area contributed by atoms with Gasteiger partial charge in [-0.3, -0.25) is 4.79 Å². The number of rotatable bonds is 6. The highest BCUT2D eigenvalue weighted by Crippen LogP contribution is 2.24. The number of nitrogens with zero attached hydrogens (tertiary/aromatic N) is 2. The average molecular weight is 294 g/mol. The van der Waals surface area contributed by atoms with Crippen LogP contribution in [0.3, 0.4) is 0 Å². The van der Waals surface area contributed by atoms with Gasteiger partial charge in [-0.25, -0.2) is 0 Å². The van der Waals surface area contributed by atoms with E-state index in [1.54, 1.807) is 0 Å². The van der Waals surface area contributed by atoms with E-state index in [0.29, 0.717) is 6.54 Å². The van der Waals surface area contributed by atoms with Crippen LogP contribution < -0.4 is 9.80 Å². The molecule has 0 aliphatic carbocycles. The second kappa shape index (κ2) is 6.94. The standard InChI is InChI=1S/C19H22N2O/c1-5-19(22)14-21(4)18-12-8-16(9-13-18)15-6-10-17(11-7-15)20(2)3/h5-13H,1,14H2,2-4H3. The molecule has 2 aromatic carbocycles. The molecule has 0 unspecified atom stereocenters. The smallest absolute Gasteiger partial charge is 0.174 e. The van der Waals surface area contributed by atoms with Crippen LogP contribution in [0.15, 0.2) is 61.2 Å². The van der Waals surface area contributed by atoms with E-state index in [2.05, 4.69) is 47.9 Å². The molecule has 114 valence electrons. The van der Waals surface area contributed by atoms with Crippen molar-refractivity contribution in [2.75, 3.05) is 37.5 Å². The van der Waals surface area contributed by atoms with Gasteiger partial charge in [0.15, 0.2) is 5.78 Å². The van der Waals surface area contributed by atoms with Crippen molar-refractivity contribution in [3.8, 4) is 11.1 Å². The zero-order chi connectivity index (χ0) is 16.1. The summed E-state index contributed by atoms with van der Waals surface area (Å²) in [5.74, 6) is 0.0193. The van der Waals surface area contributed by atoms with Crippen LogP contribution in [0.1, 0.15) is 0 Å². The van der Waals surface area contributed by atoms with Crippen molar-refractivity contribution < 1.29 is 4.79 Å². The lowest BCUT2D eigenvalue weighted by Crippen LogP contribution is -2.24. The van der Waals surface area contributed by atoms with Gasteiger partial charge >= 0.3 is 0 Å². The Morgan fingerprint density at radius 2 is 1.36 bits per heavy atom. The topological polar surface area (TPSA) is 23.6 Å². The minimum absolute atomic E-state index is 0.0193. The van der Waals surface area contributed by atoms with E-state index < -0.39 is 0 Å². The van der Waals surface area contributed by atoms with E-state index in [4.69, 9.17) is 0 Å². The number of carbonyl (C=O) groups is 1.